The fraction of sp³-hybridized carbons (Fsp3) is 0. The Morgan fingerprint density at radius 2 is 1.50 bits per heavy atom. The summed E-state index contributed by atoms with van der Waals surface area (Å²) in [5.41, 5.74) is 0.0271. The zero-order chi connectivity index (χ0) is 13.3. The van der Waals surface area contributed by atoms with Gasteiger partial charge in [-0.3, -0.25) is 4.79 Å². The van der Waals surface area contributed by atoms with Crippen LogP contribution in [0.3, 0.4) is 0 Å². The van der Waals surface area contributed by atoms with Crippen molar-refractivity contribution < 1.29 is 18.0 Å². The zero-order valence-electron chi connectivity index (χ0n) is 8.88. The van der Waals surface area contributed by atoms with Crippen LogP contribution in [0, 0.1) is 17.5 Å². The third-order valence-corrected chi connectivity index (χ3v) is 2.91. The van der Waals surface area contributed by atoms with Crippen molar-refractivity contribution in [2.24, 2.45) is 0 Å². The molecule has 0 saturated carbocycles. The van der Waals surface area contributed by atoms with Gasteiger partial charge in [-0.25, -0.2) is 13.2 Å². The number of carbonyl (C=O) groups is 1. The summed E-state index contributed by atoms with van der Waals surface area (Å²) in [4.78, 5) is 11.9. The number of benzene rings is 2. The zero-order valence-corrected chi connectivity index (χ0v) is 10.5. The number of hydrogen-bond donors (Lipinski definition) is 0. The van der Waals surface area contributed by atoms with E-state index in [1.54, 1.807) is 0 Å². The first kappa shape index (κ1) is 12.8. The van der Waals surface area contributed by atoms with Crippen LogP contribution in [0.1, 0.15) is 15.9 Å². The van der Waals surface area contributed by atoms with Crippen molar-refractivity contribution in [3.63, 3.8) is 0 Å². The Hall–Kier alpha value is -1.62. The summed E-state index contributed by atoms with van der Waals surface area (Å²) >= 11 is 2.94. The van der Waals surface area contributed by atoms with E-state index in [1.165, 1.54) is 12.1 Å². The van der Waals surface area contributed by atoms with Gasteiger partial charge in [0, 0.05) is 17.2 Å². The monoisotopic (exact) mass is 314 g/mol. The molecule has 0 aromatic heterocycles. The molecule has 2 aromatic carbocycles. The van der Waals surface area contributed by atoms with Gasteiger partial charge in [-0.1, -0.05) is 0 Å². The summed E-state index contributed by atoms with van der Waals surface area (Å²) in [6, 6.07) is 6.17. The summed E-state index contributed by atoms with van der Waals surface area (Å²) in [6.45, 7) is 0. The molecule has 0 saturated heterocycles. The van der Waals surface area contributed by atoms with Gasteiger partial charge in [0.15, 0.2) is 5.78 Å². The molecule has 0 fully saturated rings. The lowest BCUT2D eigenvalue weighted by Gasteiger charge is -2.03. The third-order valence-electron chi connectivity index (χ3n) is 2.31. The Morgan fingerprint density at radius 3 is 2.06 bits per heavy atom. The second-order valence-electron chi connectivity index (χ2n) is 3.62. The van der Waals surface area contributed by atoms with Crippen LogP contribution in [0.2, 0.25) is 0 Å². The lowest BCUT2D eigenvalue weighted by Crippen LogP contribution is -2.03. The van der Waals surface area contributed by atoms with Crippen LogP contribution >= 0.6 is 15.9 Å². The first-order valence-corrected chi connectivity index (χ1v) is 5.72. The fourth-order valence-electron chi connectivity index (χ4n) is 1.49. The van der Waals surface area contributed by atoms with Crippen molar-refractivity contribution in [2.75, 3.05) is 0 Å². The fourth-order valence-corrected chi connectivity index (χ4v) is 1.87. The Kier molecular flexibility index (Phi) is 3.52. The van der Waals surface area contributed by atoms with Crippen LogP contribution in [-0.2, 0) is 0 Å². The standard InChI is InChI=1S/C13H6BrF3O/c14-11-5-7(1-2-12(11)17)13(18)8-3-9(15)6-10(16)4-8/h1-6H. The number of carbonyl (C=O) groups excluding carboxylic acids is 1. The molecule has 92 valence electrons. The summed E-state index contributed by atoms with van der Waals surface area (Å²) in [7, 11) is 0. The molecule has 0 spiro atoms. The molecule has 5 heteroatoms. The molecule has 0 aliphatic heterocycles. The number of ketones is 1. The van der Waals surface area contributed by atoms with Gasteiger partial charge in [0.2, 0.25) is 0 Å². The quantitative estimate of drug-likeness (QED) is 0.763. The molecule has 0 aliphatic carbocycles. The molecule has 0 radical (unpaired) electrons. The highest BCUT2D eigenvalue weighted by Gasteiger charge is 2.13. The second-order valence-corrected chi connectivity index (χ2v) is 4.47. The lowest BCUT2D eigenvalue weighted by atomic mass is 10.0. The van der Waals surface area contributed by atoms with Gasteiger partial charge in [0.25, 0.3) is 0 Å². The van der Waals surface area contributed by atoms with Crippen LogP contribution in [-0.4, -0.2) is 5.78 Å². The van der Waals surface area contributed by atoms with Gasteiger partial charge in [-0.2, -0.15) is 0 Å². The van der Waals surface area contributed by atoms with Gasteiger partial charge >= 0.3 is 0 Å². The summed E-state index contributed by atoms with van der Waals surface area (Å²) in [6.07, 6.45) is 0. The van der Waals surface area contributed by atoms with E-state index in [1.807, 2.05) is 0 Å². The first-order chi connectivity index (χ1) is 8.47. The van der Waals surface area contributed by atoms with Crippen LogP contribution in [0.25, 0.3) is 0 Å². The topological polar surface area (TPSA) is 17.1 Å². The van der Waals surface area contributed by atoms with E-state index in [4.69, 9.17) is 0 Å². The Labute approximate surface area is 109 Å². The Balaban J connectivity index is 2.44. The molecular weight excluding hydrogens is 309 g/mol. The second kappa shape index (κ2) is 4.94. The molecule has 0 unspecified atom stereocenters. The van der Waals surface area contributed by atoms with Crippen molar-refractivity contribution >= 4 is 21.7 Å². The van der Waals surface area contributed by atoms with Crippen LogP contribution < -0.4 is 0 Å². The van der Waals surface area contributed by atoms with Gasteiger partial charge in [-0.15, -0.1) is 0 Å². The van der Waals surface area contributed by atoms with E-state index in [-0.39, 0.29) is 15.6 Å². The largest absolute Gasteiger partial charge is 0.289 e. The van der Waals surface area contributed by atoms with Crippen molar-refractivity contribution in [1.82, 2.24) is 0 Å². The number of rotatable bonds is 2. The highest BCUT2D eigenvalue weighted by Crippen LogP contribution is 2.20. The van der Waals surface area contributed by atoms with Crippen molar-refractivity contribution in [3.8, 4) is 0 Å². The summed E-state index contributed by atoms with van der Waals surface area (Å²) in [5, 5.41) is 0. The molecule has 2 rings (SSSR count). The van der Waals surface area contributed by atoms with Crippen molar-refractivity contribution in [3.05, 3.63) is 69.4 Å². The van der Waals surface area contributed by atoms with Crippen LogP contribution in [0.4, 0.5) is 13.2 Å². The van der Waals surface area contributed by atoms with E-state index in [0.717, 1.165) is 18.2 Å². The minimum Gasteiger partial charge on any atom is -0.289 e. The SMILES string of the molecule is O=C(c1cc(F)cc(F)c1)c1ccc(F)c(Br)c1. The lowest BCUT2D eigenvalue weighted by molar-refractivity contribution is 0.103. The molecule has 0 N–H and O–H groups in total. The van der Waals surface area contributed by atoms with E-state index in [2.05, 4.69) is 15.9 Å². The Bertz CT molecular complexity index is 605. The van der Waals surface area contributed by atoms with Crippen LogP contribution in [0.5, 0.6) is 0 Å². The first-order valence-electron chi connectivity index (χ1n) is 4.93. The van der Waals surface area contributed by atoms with Gasteiger partial charge in [0.1, 0.15) is 17.5 Å². The minimum absolute atomic E-state index is 0.116. The predicted octanol–water partition coefficient (Wildman–Crippen LogP) is 4.10. The molecule has 1 nitrogen and oxygen atoms in total. The van der Waals surface area contributed by atoms with Crippen molar-refractivity contribution in [1.29, 1.82) is 0 Å². The van der Waals surface area contributed by atoms with Gasteiger partial charge < -0.3 is 0 Å². The smallest absolute Gasteiger partial charge is 0.193 e. The highest BCUT2D eigenvalue weighted by molar-refractivity contribution is 9.10. The summed E-state index contributed by atoms with van der Waals surface area (Å²) < 4.78 is 39.1. The predicted molar refractivity (Wildman–Crippen MR) is 63.9 cm³/mol. The molecular formula is C13H6BrF3O. The van der Waals surface area contributed by atoms with Crippen LogP contribution in [0.15, 0.2) is 40.9 Å². The third kappa shape index (κ3) is 2.61. The van der Waals surface area contributed by atoms with E-state index in [9.17, 15) is 18.0 Å². The number of halogens is 4. The minimum atomic E-state index is -0.834. The molecule has 0 atom stereocenters. The number of hydrogen-bond acceptors (Lipinski definition) is 1. The average Bonchev–Trinajstić information content (AvgIpc) is 2.30. The maximum atomic E-state index is 13.0. The van der Waals surface area contributed by atoms with Gasteiger partial charge in [0.05, 0.1) is 4.47 Å². The highest BCUT2D eigenvalue weighted by atomic mass is 79.9. The average molecular weight is 315 g/mol. The molecule has 0 bridgehead atoms. The molecule has 0 amide bonds. The molecule has 0 aliphatic rings. The van der Waals surface area contributed by atoms with Crippen molar-refractivity contribution in [2.45, 2.75) is 0 Å². The van der Waals surface area contributed by atoms with E-state index < -0.39 is 23.2 Å². The van der Waals surface area contributed by atoms with E-state index in [0.29, 0.717) is 6.07 Å². The molecule has 2 aromatic rings. The Morgan fingerprint density at radius 1 is 0.889 bits per heavy atom. The molecule has 18 heavy (non-hydrogen) atoms. The summed E-state index contributed by atoms with van der Waals surface area (Å²) in [5.74, 6) is -2.76. The maximum Gasteiger partial charge on any atom is 0.193 e. The van der Waals surface area contributed by atoms with E-state index >= 15 is 0 Å². The molecule has 0 heterocycles. The van der Waals surface area contributed by atoms with Gasteiger partial charge in [-0.05, 0) is 46.3 Å². The normalized spacial score (nSPS) is 10.4. The maximum absolute atomic E-state index is 13.0.